The fourth-order valence-electron chi connectivity index (χ4n) is 4.42. The van der Waals surface area contributed by atoms with Crippen molar-refractivity contribution in [3.8, 4) is 5.82 Å². The van der Waals surface area contributed by atoms with Crippen LogP contribution in [-0.2, 0) is 10.3 Å². The van der Waals surface area contributed by atoms with Crippen LogP contribution < -0.4 is 4.90 Å². The molecule has 2 aromatic heterocycles. The number of fused-ring (bicyclic) bond motifs is 4. The first-order valence-corrected chi connectivity index (χ1v) is 9.36. The molecule has 136 valence electrons. The van der Waals surface area contributed by atoms with Crippen LogP contribution in [0.25, 0.3) is 5.82 Å². The van der Waals surface area contributed by atoms with E-state index < -0.39 is 0 Å². The Balaban J connectivity index is 1.78. The topological polar surface area (TPSA) is 41.4 Å². The van der Waals surface area contributed by atoms with Gasteiger partial charge in [0.15, 0.2) is 5.82 Å². The molecule has 0 radical (unpaired) electrons. The minimum absolute atomic E-state index is 0.222. The molecular weight excluding hydrogens is 324 g/mol. The van der Waals surface area contributed by atoms with Crippen LogP contribution in [0.4, 0.5) is 5.69 Å². The largest absolute Gasteiger partial charge is 0.352 e. The van der Waals surface area contributed by atoms with Gasteiger partial charge in [-0.05, 0) is 36.6 Å². The Kier molecular flexibility index (Phi) is 4.10. The summed E-state index contributed by atoms with van der Waals surface area (Å²) in [4.78, 5) is 21.8. The Morgan fingerprint density at radius 2 is 2.23 bits per heavy atom. The smallest absolute Gasteiger partial charge is 0.222 e. The van der Waals surface area contributed by atoms with Crippen LogP contribution in [0.15, 0.2) is 49.3 Å². The molecule has 5 nitrogen and oxygen atoms in total. The lowest BCUT2D eigenvalue weighted by Gasteiger charge is -2.46. The van der Waals surface area contributed by atoms with Crippen molar-refractivity contribution < 1.29 is 4.79 Å². The van der Waals surface area contributed by atoms with Crippen molar-refractivity contribution in [1.82, 2.24) is 14.5 Å². The highest BCUT2D eigenvalue weighted by atomic mass is 16.2. The van der Waals surface area contributed by atoms with Crippen LogP contribution in [-0.4, -0.2) is 40.0 Å². The second kappa shape index (κ2) is 6.31. The highest BCUT2D eigenvalue weighted by Gasteiger charge is 2.50. The summed E-state index contributed by atoms with van der Waals surface area (Å²) in [5.41, 5.74) is 2.10. The molecule has 26 heavy (non-hydrogen) atoms. The Bertz CT molecular complexity index is 840. The first-order chi connectivity index (χ1) is 12.6. The molecule has 1 saturated heterocycles. The number of hydrogen-bond donors (Lipinski definition) is 0. The van der Waals surface area contributed by atoms with Crippen LogP contribution >= 0.6 is 0 Å². The van der Waals surface area contributed by atoms with Crippen molar-refractivity contribution in [3.05, 3.63) is 55.0 Å². The van der Waals surface area contributed by atoms with Gasteiger partial charge >= 0.3 is 0 Å². The van der Waals surface area contributed by atoms with Gasteiger partial charge in [0.2, 0.25) is 5.91 Å². The maximum absolute atomic E-state index is 12.7. The lowest BCUT2D eigenvalue weighted by atomic mass is 9.89. The molecule has 2 aliphatic rings. The molecule has 1 spiro atoms. The molecule has 2 aliphatic heterocycles. The van der Waals surface area contributed by atoms with Gasteiger partial charge in [-0.15, -0.1) is 6.58 Å². The number of pyridine rings is 1. The normalized spacial score (nSPS) is 21.2. The zero-order valence-corrected chi connectivity index (χ0v) is 15.6. The average molecular weight is 350 g/mol. The quantitative estimate of drug-likeness (QED) is 0.794. The van der Waals surface area contributed by atoms with E-state index >= 15 is 0 Å². The van der Waals surface area contributed by atoms with E-state index in [9.17, 15) is 4.79 Å². The molecule has 1 amide bonds. The number of carbonyl (C=O) groups is 1. The molecule has 0 saturated carbocycles. The lowest BCUT2D eigenvalue weighted by Crippen LogP contribution is -2.52. The highest BCUT2D eigenvalue weighted by molar-refractivity contribution is 5.77. The molecule has 1 fully saturated rings. The number of anilines is 1. The van der Waals surface area contributed by atoms with Crippen LogP contribution in [0.1, 0.15) is 32.4 Å². The first-order valence-electron chi connectivity index (χ1n) is 9.36. The fourth-order valence-corrected chi connectivity index (χ4v) is 4.42. The minimum Gasteiger partial charge on any atom is -0.352 e. The van der Waals surface area contributed by atoms with E-state index in [1.807, 2.05) is 23.2 Å². The third kappa shape index (κ3) is 2.45. The maximum Gasteiger partial charge on any atom is 0.222 e. The van der Waals surface area contributed by atoms with E-state index in [2.05, 4.69) is 59.3 Å². The second-order valence-corrected chi connectivity index (χ2v) is 7.70. The van der Waals surface area contributed by atoms with Gasteiger partial charge in [-0.25, -0.2) is 4.98 Å². The van der Waals surface area contributed by atoms with Gasteiger partial charge in [0.1, 0.15) is 5.54 Å². The van der Waals surface area contributed by atoms with E-state index in [0.717, 1.165) is 31.0 Å². The number of rotatable bonds is 4. The number of aromatic nitrogens is 2. The van der Waals surface area contributed by atoms with E-state index in [-0.39, 0.29) is 11.4 Å². The van der Waals surface area contributed by atoms with Gasteiger partial charge in [0.25, 0.3) is 0 Å². The van der Waals surface area contributed by atoms with Crippen LogP contribution in [0.2, 0.25) is 0 Å². The second-order valence-electron chi connectivity index (χ2n) is 7.70. The maximum atomic E-state index is 12.7. The third-order valence-electron chi connectivity index (χ3n) is 5.52. The number of hydrogen-bond acceptors (Lipinski definition) is 3. The standard InChI is InChI=1S/C21H26N4O/c1-4-11-25-17-7-5-10-22-20(17)24-12-6-8-18(24)21(25)9-13-23(15-21)19(26)14-16(2)3/h4-8,10,12,16H,1,9,11,13-15H2,2-3H3/t21-/m1/s1. The molecule has 0 bridgehead atoms. The Morgan fingerprint density at radius 3 is 3.00 bits per heavy atom. The molecule has 0 aromatic carbocycles. The van der Waals surface area contributed by atoms with Gasteiger partial charge in [-0.2, -0.15) is 0 Å². The third-order valence-corrected chi connectivity index (χ3v) is 5.52. The average Bonchev–Trinajstić information content (AvgIpc) is 3.27. The molecule has 4 rings (SSSR count). The zero-order chi connectivity index (χ0) is 18.3. The van der Waals surface area contributed by atoms with Crippen molar-refractivity contribution in [2.75, 3.05) is 24.5 Å². The SMILES string of the molecule is C=CCN1c2cccnc2-n2cccc2[C@]12CCN(C(=O)CC(C)C)C2. The van der Waals surface area contributed by atoms with E-state index in [1.165, 1.54) is 5.69 Å². The summed E-state index contributed by atoms with van der Waals surface area (Å²) in [5, 5.41) is 0. The summed E-state index contributed by atoms with van der Waals surface area (Å²) >= 11 is 0. The minimum atomic E-state index is -0.222. The summed E-state index contributed by atoms with van der Waals surface area (Å²) in [6, 6.07) is 8.35. The van der Waals surface area contributed by atoms with E-state index in [4.69, 9.17) is 0 Å². The summed E-state index contributed by atoms with van der Waals surface area (Å²) in [5.74, 6) is 1.58. The summed E-state index contributed by atoms with van der Waals surface area (Å²) in [6.07, 6.45) is 7.38. The van der Waals surface area contributed by atoms with Crippen molar-refractivity contribution in [3.63, 3.8) is 0 Å². The van der Waals surface area contributed by atoms with Crippen molar-refractivity contribution in [1.29, 1.82) is 0 Å². The number of carbonyl (C=O) groups excluding carboxylic acids is 1. The lowest BCUT2D eigenvalue weighted by molar-refractivity contribution is -0.131. The molecular formula is C21H26N4O. The predicted molar refractivity (Wildman–Crippen MR) is 103 cm³/mol. The molecule has 0 aliphatic carbocycles. The number of amides is 1. The Labute approximate surface area is 154 Å². The summed E-state index contributed by atoms with van der Waals surface area (Å²) in [7, 11) is 0. The Hall–Kier alpha value is -2.56. The molecule has 4 heterocycles. The first kappa shape index (κ1) is 16.9. The Morgan fingerprint density at radius 1 is 1.38 bits per heavy atom. The molecule has 1 atom stereocenters. The van der Waals surface area contributed by atoms with E-state index in [0.29, 0.717) is 18.9 Å². The fraction of sp³-hybridized carbons (Fsp3) is 0.429. The summed E-state index contributed by atoms with van der Waals surface area (Å²) in [6.45, 7) is 10.4. The molecule has 0 unspecified atom stereocenters. The van der Waals surface area contributed by atoms with Crippen LogP contribution in [0, 0.1) is 5.92 Å². The van der Waals surface area contributed by atoms with Gasteiger partial charge < -0.3 is 14.4 Å². The van der Waals surface area contributed by atoms with Gasteiger partial charge in [0, 0.05) is 38.4 Å². The molecule has 0 N–H and O–H groups in total. The van der Waals surface area contributed by atoms with Crippen molar-refractivity contribution >= 4 is 11.6 Å². The van der Waals surface area contributed by atoms with Gasteiger partial charge in [-0.1, -0.05) is 19.9 Å². The predicted octanol–water partition coefficient (Wildman–Crippen LogP) is 3.35. The van der Waals surface area contributed by atoms with Crippen molar-refractivity contribution in [2.45, 2.75) is 32.2 Å². The van der Waals surface area contributed by atoms with Crippen LogP contribution in [0.3, 0.4) is 0 Å². The van der Waals surface area contributed by atoms with Crippen molar-refractivity contribution in [2.24, 2.45) is 5.92 Å². The van der Waals surface area contributed by atoms with Gasteiger partial charge in [0.05, 0.1) is 11.4 Å². The zero-order valence-electron chi connectivity index (χ0n) is 15.6. The monoisotopic (exact) mass is 350 g/mol. The molecule has 5 heteroatoms. The van der Waals surface area contributed by atoms with Gasteiger partial charge in [-0.3, -0.25) is 4.79 Å². The van der Waals surface area contributed by atoms with Crippen LogP contribution in [0.5, 0.6) is 0 Å². The summed E-state index contributed by atoms with van der Waals surface area (Å²) < 4.78 is 2.19. The number of nitrogens with zero attached hydrogens (tertiary/aromatic N) is 4. The van der Waals surface area contributed by atoms with E-state index in [1.54, 1.807) is 0 Å². The number of likely N-dealkylation sites (tertiary alicyclic amines) is 1. The molecule has 2 aromatic rings. The highest BCUT2D eigenvalue weighted by Crippen LogP contribution is 2.46.